The highest BCUT2D eigenvalue weighted by atomic mass is 19.1. The Balaban J connectivity index is 1.92. The summed E-state index contributed by atoms with van der Waals surface area (Å²) in [5, 5.41) is 2.54. The summed E-state index contributed by atoms with van der Waals surface area (Å²) in [4.78, 5) is 11.6. The fourth-order valence-corrected chi connectivity index (χ4v) is 1.49. The van der Waals surface area contributed by atoms with Crippen LogP contribution in [-0.4, -0.2) is 12.5 Å². The minimum absolute atomic E-state index is 0.308. The van der Waals surface area contributed by atoms with Gasteiger partial charge in [-0.05, 0) is 36.4 Å². The molecule has 0 aromatic heterocycles. The number of anilines is 2. The van der Waals surface area contributed by atoms with Crippen LogP contribution in [0.1, 0.15) is 0 Å². The Kier molecular flexibility index (Phi) is 4.14. The van der Waals surface area contributed by atoms with E-state index in [1.54, 1.807) is 24.3 Å². The van der Waals surface area contributed by atoms with E-state index < -0.39 is 24.1 Å². The predicted octanol–water partition coefficient (Wildman–Crippen LogP) is 2.56. The molecule has 3 N–H and O–H groups in total. The van der Waals surface area contributed by atoms with E-state index in [9.17, 15) is 13.6 Å². The first-order valence-corrected chi connectivity index (χ1v) is 5.78. The van der Waals surface area contributed by atoms with Gasteiger partial charge in [-0.1, -0.05) is 0 Å². The maximum absolute atomic E-state index is 13.3. The molecule has 6 heteroatoms. The molecule has 0 saturated carbocycles. The molecule has 0 unspecified atom stereocenters. The third-order valence-electron chi connectivity index (χ3n) is 2.45. The zero-order valence-electron chi connectivity index (χ0n) is 10.4. The summed E-state index contributed by atoms with van der Waals surface area (Å²) in [6, 6.07) is 9.28. The van der Waals surface area contributed by atoms with E-state index in [-0.39, 0.29) is 5.75 Å². The average Bonchev–Trinajstić information content (AvgIpc) is 2.42. The molecule has 20 heavy (non-hydrogen) atoms. The van der Waals surface area contributed by atoms with Crippen LogP contribution in [0.3, 0.4) is 0 Å². The van der Waals surface area contributed by atoms with Crippen LogP contribution in [0.5, 0.6) is 5.75 Å². The molecule has 0 spiro atoms. The number of amides is 1. The molecule has 104 valence electrons. The highest BCUT2D eigenvalue weighted by Crippen LogP contribution is 2.18. The van der Waals surface area contributed by atoms with E-state index in [0.29, 0.717) is 11.4 Å². The lowest BCUT2D eigenvalue weighted by atomic mass is 10.3. The highest BCUT2D eigenvalue weighted by Gasteiger charge is 2.08. The van der Waals surface area contributed by atoms with E-state index in [1.165, 1.54) is 0 Å². The molecular weight excluding hydrogens is 266 g/mol. The average molecular weight is 278 g/mol. The van der Waals surface area contributed by atoms with Crippen LogP contribution in [0, 0.1) is 11.6 Å². The van der Waals surface area contributed by atoms with E-state index in [0.717, 1.165) is 18.2 Å². The summed E-state index contributed by atoms with van der Waals surface area (Å²) in [6.45, 7) is -0.426. The fourth-order valence-electron chi connectivity index (χ4n) is 1.49. The molecule has 2 rings (SSSR count). The third-order valence-corrected chi connectivity index (χ3v) is 2.45. The van der Waals surface area contributed by atoms with Crippen molar-refractivity contribution in [1.29, 1.82) is 0 Å². The maximum atomic E-state index is 13.3. The van der Waals surface area contributed by atoms with Gasteiger partial charge in [-0.25, -0.2) is 8.78 Å². The van der Waals surface area contributed by atoms with Crippen LogP contribution in [0.25, 0.3) is 0 Å². The van der Waals surface area contributed by atoms with E-state index in [1.807, 2.05) is 0 Å². The molecule has 4 nitrogen and oxygen atoms in total. The Morgan fingerprint density at radius 3 is 2.55 bits per heavy atom. The van der Waals surface area contributed by atoms with Crippen molar-refractivity contribution in [3.05, 3.63) is 54.1 Å². The summed E-state index contributed by atoms with van der Waals surface area (Å²) in [5.41, 5.74) is 6.61. The smallest absolute Gasteiger partial charge is 0.262 e. The first kappa shape index (κ1) is 13.8. The van der Waals surface area contributed by atoms with Crippen molar-refractivity contribution in [2.45, 2.75) is 0 Å². The van der Waals surface area contributed by atoms with Gasteiger partial charge in [-0.2, -0.15) is 0 Å². The Bertz CT molecular complexity index is 615. The third kappa shape index (κ3) is 3.68. The molecule has 0 aliphatic rings. The fraction of sp³-hybridized carbons (Fsp3) is 0.0714. The minimum atomic E-state index is -0.730. The number of halogens is 2. The Hall–Kier alpha value is -2.63. The number of nitrogen functional groups attached to an aromatic ring is 1. The number of carbonyl (C=O) groups excluding carboxylic acids is 1. The van der Waals surface area contributed by atoms with Gasteiger partial charge < -0.3 is 15.8 Å². The van der Waals surface area contributed by atoms with E-state index >= 15 is 0 Å². The van der Waals surface area contributed by atoms with Gasteiger partial charge in [-0.15, -0.1) is 0 Å². The van der Waals surface area contributed by atoms with Crippen LogP contribution >= 0.6 is 0 Å². The molecule has 0 fully saturated rings. The zero-order valence-corrected chi connectivity index (χ0v) is 10.4. The second kappa shape index (κ2) is 6.01. The van der Waals surface area contributed by atoms with Crippen molar-refractivity contribution >= 4 is 17.3 Å². The number of benzene rings is 2. The number of ether oxygens (including phenoxy) is 1. The van der Waals surface area contributed by atoms with Gasteiger partial charge >= 0.3 is 0 Å². The monoisotopic (exact) mass is 278 g/mol. The molecule has 0 bridgehead atoms. The highest BCUT2D eigenvalue weighted by molar-refractivity contribution is 5.92. The van der Waals surface area contributed by atoms with Gasteiger partial charge in [0.25, 0.3) is 5.91 Å². The lowest BCUT2D eigenvalue weighted by Gasteiger charge is -2.08. The van der Waals surface area contributed by atoms with Gasteiger partial charge in [-0.3, -0.25) is 4.79 Å². The Morgan fingerprint density at radius 2 is 1.85 bits per heavy atom. The van der Waals surface area contributed by atoms with Gasteiger partial charge in [0.05, 0.1) is 0 Å². The van der Waals surface area contributed by atoms with Crippen LogP contribution in [-0.2, 0) is 4.79 Å². The minimum Gasteiger partial charge on any atom is -0.481 e. The van der Waals surface area contributed by atoms with Crippen LogP contribution in [0.2, 0.25) is 0 Å². The molecule has 0 aliphatic heterocycles. The number of hydrogen-bond acceptors (Lipinski definition) is 3. The first-order valence-electron chi connectivity index (χ1n) is 5.78. The van der Waals surface area contributed by atoms with Crippen molar-refractivity contribution in [2.75, 3.05) is 17.7 Å². The van der Waals surface area contributed by atoms with E-state index in [4.69, 9.17) is 10.5 Å². The van der Waals surface area contributed by atoms with E-state index in [2.05, 4.69) is 5.32 Å². The number of rotatable bonds is 4. The first-order chi connectivity index (χ1) is 9.54. The standard InChI is InChI=1S/C14H12F2N2O2/c15-9-1-6-12(16)13(7-9)20-8-14(19)18-11-4-2-10(17)3-5-11/h1-7H,8,17H2,(H,18,19). The maximum Gasteiger partial charge on any atom is 0.262 e. The largest absolute Gasteiger partial charge is 0.481 e. The molecule has 2 aromatic carbocycles. The summed E-state index contributed by atoms with van der Waals surface area (Å²) in [6.07, 6.45) is 0. The molecule has 0 atom stereocenters. The second-order valence-corrected chi connectivity index (χ2v) is 4.03. The normalized spacial score (nSPS) is 10.1. The quantitative estimate of drug-likeness (QED) is 0.845. The topological polar surface area (TPSA) is 64.3 Å². The summed E-state index contributed by atoms with van der Waals surface area (Å²) >= 11 is 0. The molecule has 0 saturated heterocycles. The number of nitrogens with one attached hydrogen (secondary N) is 1. The van der Waals surface area contributed by atoms with Gasteiger partial charge in [0.15, 0.2) is 18.2 Å². The number of carbonyl (C=O) groups is 1. The van der Waals surface area contributed by atoms with Crippen LogP contribution in [0.15, 0.2) is 42.5 Å². The Labute approximate surface area is 114 Å². The summed E-state index contributed by atoms with van der Waals surface area (Å²) in [5.74, 6) is -2.16. The van der Waals surface area contributed by atoms with Crippen molar-refractivity contribution in [3.63, 3.8) is 0 Å². The summed E-state index contributed by atoms with van der Waals surface area (Å²) in [7, 11) is 0. The molecule has 1 amide bonds. The van der Waals surface area contributed by atoms with Gasteiger partial charge in [0, 0.05) is 17.4 Å². The SMILES string of the molecule is Nc1ccc(NC(=O)COc2cc(F)ccc2F)cc1. The van der Waals surface area contributed by atoms with Crippen LogP contribution in [0.4, 0.5) is 20.2 Å². The number of hydrogen-bond donors (Lipinski definition) is 2. The molecule has 0 aliphatic carbocycles. The lowest BCUT2D eigenvalue weighted by Crippen LogP contribution is -2.20. The van der Waals surface area contributed by atoms with Gasteiger partial charge in [0.2, 0.25) is 0 Å². The van der Waals surface area contributed by atoms with Crippen molar-refractivity contribution < 1.29 is 18.3 Å². The number of nitrogens with two attached hydrogens (primary N) is 1. The lowest BCUT2D eigenvalue weighted by molar-refractivity contribution is -0.118. The predicted molar refractivity (Wildman–Crippen MR) is 71.3 cm³/mol. The van der Waals surface area contributed by atoms with Crippen molar-refractivity contribution in [2.24, 2.45) is 0 Å². The van der Waals surface area contributed by atoms with Crippen LogP contribution < -0.4 is 15.8 Å². The Morgan fingerprint density at radius 1 is 1.15 bits per heavy atom. The zero-order chi connectivity index (χ0) is 14.5. The summed E-state index contributed by atoms with van der Waals surface area (Å²) < 4.78 is 31.1. The molecular formula is C14H12F2N2O2. The molecule has 0 radical (unpaired) electrons. The van der Waals surface area contributed by atoms with Crippen molar-refractivity contribution in [3.8, 4) is 5.75 Å². The van der Waals surface area contributed by atoms with Gasteiger partial charge in [0.1, 0.15) is 5.82 Å². The second-order valence-electron chi connectivity index (χ2n) is 4.03. The molecule has 2 aromatic rings. The molecule has 0 heterocycles. The van der Waals surface area contributed by atoms with Crippen molar-refractivity contribution in [1.82, 2.24) is 0 Å².